The van der Waals surface area contributed by atoms with E-state index in [0.29, 0.717) is 11.1 Å². The molecule has 0 aliphatic rings. The van der Waals surface area contributed by atoms with E-state index in [0.717, 1.165) is 94.0 Å². The summed E-state index contributed by atoms with van der Waals surface area (Å²) in [6.45, 7) is 0. The molecule has 0 fully saturated rings. The maximum atomic E-state index is 8.79. The Hall–Kier alpha value is -7.70. The second-order valence-corrected chi connectivity index (χ2v) is 14.1. The molecular weight excluding hydrogens is 687 g/mol. The fraction of sp³-hybridized carbons (Fsp3) is 0. The normalized spacial score (nSPS) is 11.7. The second-order valence-electron chi connectivity index (χ2n) is 14.1. The fourth-order valence-corrected chi connectivity index (χ4v) is 8.73. The van der Waals surface area contributed by atoms with Crippen molar-refractivity contribution in [3.63, 3.8) is 0 Å². The molecule has 264 valence electrons. The van der Waals surface area contributed by atoms with Gasteiger partial charge in [0, 0.05) is 73.2 Å². The van der Waals surface area contributed by atoms with E-state index >= 15 is 0 Å². The van der Waals surface area contributed by atoms with Crippen molar-refractivity contribution in [1.29, 1.82) is 10.8 Å². The number of nitrogens with one attached hydrogen (secondary N) is 2. The van der Waals surface area contributed by atoms with Crippen LogP contribution >= 0.6 is 0 Å². The van der Waals surface area contributed by atoms with E-state index in [1.165, 1.54) is 12.4 Å². The average Bonchev–Trinajstić information content (AvgIpc) is 3.91. The number of aromatic nitrogens is 2. The molecule has 11 aromatic rings. The molecule has 3 aromatic heterocycles. The van der Waals surface area contributed by atoms with Crippen LogP contribution in [0.3, 0.4) is 0 Å². The number of rotatable bonds is 7. The predicted molar refractivity (Wildman–Crippen MR) is 233 cm³/mol. The second kappa shape index (κ2) is 12.4. The van der Waals surface area contributed by atoms with Gasteiger partial charge >= 0.3 is 0 Å². The summed E-state index contributed by atoms with van der Waals surface area (Å²) in [6, 6.07) is 60.9. The van der Waals surface area contributed by atoms with Crippen LogP contribution in [0.2, 0.25) is 0 Å². The van der Waals surface area contributed by atoms with Crippen LogP contribution < -0.4 is 4.90 Å². The van der Waals surface area contributed by atoms with Crippen LogP contribution in [-0.2, 0) is 0 Å². The van der Waals surface area contributed by atoms with Gasteiger partial charge in [-0.3, -0.25) is 0 Å². The first-order chi connectivity index (χ1) is 27.7. The Morgan fingerprint density at radius 1 is 0.429 bits per heavy atom. The van der Waals surface area contributed by atoms with Crippen molar-refractivity contribution >= 4 is 95.0 Å². The van der Waals surface area contributed by atoms with E-state index in [-0.39, 0.29) is 0 Å². The number of hydrogen-bond donors (Lipinski definition) is 2. The van der Waals surface area contributed by atoms with Gasteiger partial charge in [-0.15, -0.1) is 0 Å². The molecule has 0 radical (unpaired) electrons. The summed E-state index contributed by atoms with van der Waals surface area (Å²) < 4.78 is 11.2. The van der Waals surface area contributed by atoms with Gasteiger partial charge in [-0.2, -0.15) is 0 Å². The molecule has 8 aromatic carbocycles. The van der Waals surface area contributed by atoms with Crippen LogP contribution in [0.25, 0.3) is 76.9 Å². The molecule has 0 bridgehead atoms. The van der Waals surface area contributed by atoms with Crippen LogP contribution in [0.5, 0.6) is 0 Å². The number of anilines is 3. The molecule has 0 spiro atoms. The third-order valence-corrected chi connectivity index (χ3v) is 11.1. The van der Waals surface area contributed by atoms with Gasteiger partial charge in [0.05, 0.1) is 33.1 Å². The minimum atomic E-state index is 0.711. The van der Waals surface area contributed by atoms with Crippen molar-refractivity contribution in [2.75, 3.05) is 4.90 Å². The molecule has 0 saturated carbocycles. The van der Waals surface area contributed by atoms with Crippen LogP contribution in [-0.4, -0.2) is 21.6 Å². The lowest BCUT2D eigenvalue weighted by Gasteiger charge is -2.25. The predicted octanol–water partition coefficient (Wildman–Crippen LogP) is 13.2. The van der Waals surface area contributed by atoms with Crippen molar-refractivity contribution in [2.45, 2.75) is 0 Å². The molecule has 11 rings (SSSR count). The van der Waals surface area contributed by atoms with Crippen molar-refractivity contribution in [3.8, 4) is 11.4 Å². The van der Waals surface area contributed by atoms with Gasteiger partial charge in [-0.25, -0.2) is 0 Å². The number of hydrogen-bond acceptors (Lipinski definition) is 4. The summed E-state index contributed by atoms with van der Waals surface area (Å²) in [5, 5.41) is 24.0. The number of nitrogens with zero attached hydrogens (tertiary/aromatic N) is 3. The summed E-state index contributed by atoms with van der Waals surface area (Å²) in [5.41, 5.74) is 11.9. The van der Waals surface area contributed by atoms with E-state index in [1.807, 2.05) is 36.4 Å². The smallest absolute Gasteiger partial charge is 0.145 e. The SMILES string of the molecule is N=Cc1cc(-n2c3ccc(N(c4ccccc4)c4ccccc4)cc3c3c4oc5ccccc5c4ccc32)cc(C=N)c1-n1c2ccccc2c2ccccc21. The maximum absolute atomic E-state index is 8.79. The molecule has 0 aliphatic heterocycles. The minimum absolute atomic E-state index is 0.711. The van der Waals surface area contributed by atoms with Gasteiger partial charge < -0.3 is 29.3 Å². The first kappa shape index (κ1) is 31.8. The van der Waals surface area contributed by atoms with Gasteiger partial charge in [0.15, 0.2) is 0 Å². The Balaban J connectivity index is 1.22. The van der Waals surface area contributed by atoms with Crippen molar-refractivity contribution < 1.29 is 4.42 Å². The maximum Gasteiger partial charge on any atom is 0.145 e. The van der Waals surface area contributed by atoms with E-state index in [1.54, 1.807) is 0 Å². The first-order valence-electron chi connectivity index (χ1n) is 18.7. The lowest BCUT2D eigenvalue weighted by molar-refractivity contribution is 0.673. The zero-order chi connectivity index (χ0) is 37.3. The molecule has 0 aliphatic carbocycles. The van der Waals surface area contributed by atoms with Gasteiger partial charge in [-0.05, 0) is 84.9 Å². The van der Waals surface area contributed by atoms with Gasteiger partial charge in [-0.1, -0.05) is 91.0 Å². The van der Waals surface area contributed by atoms with E-state index in [9.17, 15) is 0 Å². The third kappa shape index (κ3) is 4.63. The van der Waals surface area contributed by atoms with Crippen LogP contribution in [0.15, 0.2) is 180 Å². The molecule has 0 saturated heterocycles. The Morgan fingerprint density at radius 2 is 0.964 bits per heavy atom. The molecule has 0 unspecified atom stereocenters. The summed E-state index contributed by atoms with van der Waals surface area (Å²) >= 11 is 0. The molecule has 56 heavy (non-hydrogen) atoms. The van der Waals surface area contributed by atoms with Crippen molar-refractivity contribution in [3.05, 3.63) is 187 Å². The average molecular weight is 720 g/mol. The molecule has 6 heteroatoms. The number of furan rings is 1. The van der Waals surface area contributed by atoms with Crippen LogP contribution in [0, 0.1) is 10.8 Å². The zero-order valence-corrected chi connectivity index (χ0v) is 30.1. The zero-order valence-electron chi connectivity index (χ0n) is 30.1. The quantitative estimate of drug-likeness (QED) is 0.161. The molecule has 6 nitrogen and oxygen atoms in total. The minimum Gasteiger partial charge on any atom is -0.455 e. The Kier molecular flexibility index (Phi) is 7.06. The highest BCUT2D eigenvalue weighted by atomic mass is 16.3. The van der Waals surface area contributed by atoms with Gasteiger partial charge in [0.1, 0.15) is 11.2 Å². The lowest BCUT2D eigenvalue weighted by atomic mass is 10.1. The highest BCUT2D eigenvalue weighted by Gasteiger charge is 2.23. The Morgan fingerprint density at radius 3 is 1.59 bits per heavy atom. The molecular formula is C50H33N5O. The monoisotopic (exact) mass is 719 g/mol. The van der Waals surface area contributed by atoms with Gasteiger partial charge in [0.25, 0.3) is 0 Å². The summed E-state index contributed by atoms with van der Waals surface area (Å²) in [6.07, 6.45) is 2.83. The van der Waals surface area contributed by atoms with Crippen LogP contribution in [0.1, 0.15) is 11.1 Å². The molecule has 0 atom stereocenters. The Bertz CT molecular complexity index is 3230. The highest BCUT2D eigenvalue weighted by molar-refractivity contribution is 6.24. The van der Waals surface area contributed by atoms with Gasteiger partial charge in [0.2, 0.25) is 0 Å². The number of benzene rings is 8. The standard InChI is InChI=1S/C50H33N5O/c51-30-32-27-37(28-33(31-52)49(32)55-43-20-10-7-17-38(43)39-18-8-11-21-44(39)55)54-45-25-23-36(53(34-13-3-1-4-14-34)35-15-5-2-6-16-35)29-42(45)48-46(54)26-24-41-40-19-9-12-22-47(40)56-50(41)48/h1-31,51-52H. The molecule has 3 heterocycles. The van der Waals surface area contributed by atoms with E-state index < -0.39 is 0 Å². The lowest BCUT2D eigenvalue weighted by Crippen LogP contribution is -2.09. The van der Waals surface area contributed by atoms with E-state index in [2.05, 4.69) is 154 Å². The largest absolute Gasteiger partial charge is 0.455 e. The van der Waals surface area contributed by atoms with E-state index in [4.69, 9.17) is 15.2 Å². The fourth-order valence-electron chi connectivity index (χ4n) is 8.73. The first-order valence-corrected chi connectivity index (χ1v) is 18.7. The number of fused-ring (bicyclic) bond motifs is 10. The Labute approximate surface area is 321 Å². The summed E-state index contributed by atoms with van der Waals surface area (Å²) in [5.74, 6) is 0. The highest BCUT2D eigenvalue weighted by Crippen LogP contribution is 2.44. The summed E-state index contributed by atoms with van der Waals surface area (Å²) in [7, 11) is 0. The van der Waals surface area contributed by atoms with Crippen molar-refractivity contribution in [2.24, 2.45) is 0 Å². The topological polar surface area (TPSA) is 73.9 Å². The van der Waals surface area contributed by atoms with Crippen molar-refractivity contribution in [1.82, 2.24) is 9.13 Å². The molecule has 2 N–H and O–H groups in total. The summed E-state index contributed by atoms with van der Waals surface area (Å²) in [4.78, 5) is 2.28. The van der Waals surface area contributed by atoms with Crippen LogP contribution in [0.4, 0.5) is 17.1 Å². The third-order valence-electron chi connectivity index (χ3n) is 11.1. The number of para-hydroxylation sites is 5. The molecule has 0 amide bonds.